The molecule has 0 bridgehead atoms. The van der Waals surface area contributed by atoms with Gasteiger partial charge < -0.3 is 19.3 Å². The highest BCUT2D eigenvalue weighted by Crippen LogP contribution is 2.26. The minimum atomic E-state index is -1.26. The van der Waals surface area contributed by atoms with Crippen LogP contribution in [0.3, 0.4) is 0 Å². The van der Waals surface area contributed by atoms with Crippen molar-refractivity contribution >= 4 is 17.5 Å². The molecule has 1 aromatic carbocycles. The zero-order valence-electron chi connectivity index (χ0n) is 13.2. The number of hydrogen-bond donors (Lipinski definition) is 1. The van der Waals surface area contributed by atoms with E-state index < -0.39 is 6.10 Å². The highest BCUT2D eigenvalue weighted by atomic mass is 35.5. The molecule has 0 aliphatic carbocycles. The Labute approximate surface area is 144 Å². The quantitative estimate of drug-likeness (QED) is 0.852. The van der Waals surface area contributed by atoms with Crippen molar-refractivity contribution < 1.29 is 19.2 Å². The van der Waals surface area contributed by atoms with Crippen molar-refractivity contribution in [1.29, 1.82) is 0 Å². The van der Waals surface area contributed by atoms with Gasteiger partial charge in [-0.3, -0.25) is 4.79 Å². The molecule has 24 heavy (non-hydrogen) atoms. The standard InChI is InChI=1S/C16H18ClN3O4/c1-2-13-18-14(24-19-13)9-23-10-7-20(8-10)16(22)15(21)11-5-3-4-6-12(11)17/h3-6,10,15,21H,2,7-9H2,1H3/t15-/m1/s1. The normalized spacial score (nSPS) is 16.0. The van der Waals surface area contributed by atoms with Gasteiger partial charge >= 0.3 is 0 Å². The third kappa shape index (κ3) is 3.58. The van der Waals surface area contributed by atoms with Gasteiger partial charge in [0.1, 0.15) is 6.61 Å². The first-order valence-corrected chi connectivity index (χ1v) is 8.10. The van der Waals surface area contributed by atoms with E-state index in [9.17, 15) is 9.90 Å². The fraction of sp³-hybridized carbons (Fsp3) is 0.438. The summed E-state index contributed by atoms with van der Waals surface area (Å²) in [4.78, 5) is 17.9. The van der Waals surface area contributed by atoms with Crippen LogP contribution < -0.4 is 0 Å². The third-order valence-corrected chi connectivity index (χ3v) is 4.21. The van der Waals surface area contributed by atoms with Gasteiger partial charge in [-0.2, -0.15) is 4.98 Å². The molecule has 1 fully saturated rings. The van der Waals surface area contributed by atoms with Crippen molar-refractivity contribution in [3.8, 4) is 0 Å². The Morgan fingerprint density at radius 3 is 2.92 bits per heavy atom. The minimum absolute atomic E-state index is 0.107. The summed E-state index contributed by atoms with van der Waals surface area (Å²) in [6.07, 6.45) is -0.665. The summed E-state index contributed by atoms with van der Waals surface area (Å²) in [6, 6.07) is 6.76. The summed E-state index contributed by atoms with van der Waals surface area (Å²) in [6.45, 7) is 2.98. The van der Waals surface area contributed by atoms with Crippen LogP contribution in [-0.2, 0) is 22.6 Å². The van der Waals surface area contributed by atoms with Crippen molar-refractivity contribution in [2.45, 2.75) is 32.2 Å². The second-order valence-electron chi connectivity index (χ2n) is 5.56. The molecule has 1 aliphatic rings. The van der Waals surface area contributed by atoms with Gasteiger partial charge in [-0.05, 0) is 6.07 Å². The SMILES string of the molecule is CCc1noc(COC2CN(C(=O)[C@H](O)c3ccccc3Cl)C2)n1. The van der Waals surface area contributed by atoms with E-state index in [-0.39, 0.29) is 18.6 Å². The largest absolute Gasteiger partial charge is 0.378 e. The molecule has 2 heterocycles. The summed E-state index contributed by atoms with van der Waals surface area (Å²) >= 11 is 6.01. The summed E-state index contributed by atoms with van der Waals surface area (Å²) in [7, 11) is 0. The molecule has 1 saturated heterocycles. The van der Waals surface area contributed by atoms with Gasteiger partial charge in [0, 0.05) is 30.1 Å². The number of ether oxygens (including phenoxy) is 1. The number of carbonyl (C=O) groups is 1. The number of amides is 1. The summed E-state index contributed by atoms with van der Waals surface area (Å²) in [5.41, 5.74) is 0.409. The van der Waals surface area contributed by atoms with Gasteiger partial charge in [0.2, 0.25) is 0 Å². The Hall–Kier alpha value is -1.96. The Bertz CT molecular complexity index is 715. The fourth-order valence-corrected chi connectivity index (χ4v) is 2.65. The maximum atomic E-state index is 12.3. The predicted octanol–water partition coefficient (Wildman–Crippen LogP) is 1.75. The Balaban J connectivity index is 1.47. The lowest BCUT2D eigenvalue weighted by atomic mass is 10.1. The van der Waals surface area contributed by atoms with Crippen LogP contribution in [0.1, 0.15) is 30.3 Å². The topological polar surface area (TPSA) is 88.7 Å². The van der Waals surface area contributed by atoms with Gasteiger partial charge in [0.25, 0.3) is 11.8 Å². The van der Waals surface area contributed by atoms with Crippen molar-refractivity contribution in [3.63, 3.8) is 0 Å². The maximum Gasteiger partial charge on any atom is 0.256 e. The number of aliphatic hydroxyl groups is 1. The van der Waals surface area contributed by atoms with Gasteiger partial charge in [0.15, 0.2) is 11.9 Å². The first-order valence-electron chi connectivity index (χ1n) is 7.72. The second kappa shape index (κ2) is 7.29. The number of rotatable bonds is 6. The van der Waals surface area contributed by atoms with E-state index in [1.54, 1.807) is 24.3 Å². The third-order valence-electron chi connectivity index (χ3n) is 3.86. The Morgan fingerprint density at radius 1 is 1.50 bits per heavy atom. The number of aliphatic hydroxyl groups excluding tert-OH is 1. The van der Waals surface area contributed by atoms with Gasteiger partial charge in [0.05, 0.1) is 6.10 Å². The monoisotopic (exact) mass is 351 g/mol. The second-order valence-corrected chi connectivity index (χ2v) is 5.97. The minimum Gasteiger partial charge on any atom is -0.378 e. The summed E-state index contributed by atoms with van der Waals surface area (Å²) in [5.74, 6) is 0.684. The molecule has 1 aromatic heterocycles. The molecule has 1 amide bonds. The molecule has 1 aliphatic heterocycles. The van der Waals surface area contributed by atoms with E-state index in [0.717, 1.165) is 0 Å². The van der Waals surface area contributed by atoms with Crippen LogP contribution in [0.4, 0.5) is 0 Å². The van der Waals surface area contributed by atoms with Crippen LogP contribution >= 0.6 is 11.6 Å². The van der Waals surface area contributed by atoms with Crippen LogP contribution in [0.2, 0.25) is 5.02 Å². The van der Waals surface area contributed by atoms with Crippen molar-refractivity contribution in [2.24, 2.45) is 0 Å². The van der Waals surface area contributed by atoms with Crippen molar-refractivity contribution in [2.75, 3.05) is 13.1 Å². The number of aromatic nitrogens is 2. The van der Waals surface area contributed by atoms with E-state index in [4.69, 9.17) is 20.9 Å². The lowest BCUT2D eigenvalue weighted by molar-refractivity contribution is -0.155. The lowest BCUT2D eigenvalue weighted by Crippen LogP contribution is -2.56. The maximum absolute atomic E-state index is 12.3. The molecule has 1 N–H and O–H groups in total. The molecule has 1 atom stereocenters. The number of aryl methyl sites for hydroxylation is 1. The van der Waals surface area contributed by atoms with Gasteiger partial charge in [-0.15, -0.1) is 0 Å². The zero-order valence-corrected chi connectivity index (χ0v) is 13.9. The number of hydrogen-bond acceptors (Lipinski definition) is 6. The zero-order chi connectivity index (χ0) is 17.1. The first-order chi connectivity index (χ1) is 11.6. The molecular formula is C16H18ClN3O4. The van der Waals surface area contributed by atoms with Crippen LogP contribution in [0.5, 0.6) is 0 Å². The lowest BCUT2D eigenvalue weighted by Gasteiger charge is -2.39. The van der Waals surface area contributed by atoms with E-state index in [1.165, 1.54) is 4.90 Å². The van der Waals surface area contributed by atoms with Crippen LogP contribution in [-0.4, -0.2) is 45.2 Å². The van der Waals surface area contributed by atoms with Gasteiger partial charge in [-0.1, -0.05) is 41.9 Å². The van der Waals surface area contributed by atoms with Crippen LogP contribution in [0, 0.1) is 0 Å². The van der Waals surface area contributed by atoms with E-state index in [2.05, 4.69) is 10.1 Å². The first kappa shape index (κ1) is 16.9. The molecule has 0 saturated carbocycles. The number of carbonyl (C=O) groups excluding carboxylic acids is 1. The fourth-order valence-electron chi connectivity index (χ4n) is 2.41. The number of halogens is 1. The highest BCUT2D eigenvalue weighted by Gasteiger charge is 2.35. The van der Waals surface area contributed by atoms with E-state index in [1.807, 2.05) is 6.92 Å². The molecule has 7 nitrogen and oxygen atoms in total. The summed E-state index contributed by atoms with van der Waals surface area (Å²) in [5, 5.41) is 14.3. The summed E-state index contributed by atoms with van der Waals surface area (Å²) < 4.78 is 10.7. The number of benzene rings is 1. The molecule has 128 valence electrons. The average molecular weight is 352 g/mol. The Morgan fingerprint density at radius 2 is 2.25 bits per heavy atom. The van der Waals surface area contributed by atoms with E-state index >= 15 is 0 Å². The van der Waals surface area contributed by atoms with Crippen LogP contribution in [0.15, 0.2) is 28.8 Å². The smallest absolute Gasteiger partial charge is 0.256 e. The van der Waals surface area contributed by atoms with Crippen molar-refractivity contribution in [3.05, 3.63) is 46.6 Å². The molecule has 0 spiro atoms. The molecule has 2 aromatic rings. The molecule has 0 radical (unpaired) electrons. The number of nitrogens with zero attached hydrogens (tertiary/aromatic N) is 3. The van der Waals surface area contributed by atoms with E-state index in [0.29, 0.717) is 41.8 Å². The van der Waals surface area contributed by atoms with Gasteiger partial charge in [-0.25, -0.2) is 0 Å². The average Bonchev–Trinajstić information content (AvgIpc) is 3.01. The highest BCUT2D eigenvalue weighted by molar-refractivity contribution is 6.31. The number of likely N-dealkylation sites (tertiary alicyclic amines) is 1. The molecule has 3 rings (SSSR count). The molecule has 0 unspecified atom stereocenters. The van der Waals surface area contributed by atoms with Crippen LogP contribution in [0.25, 0.3) is 0 Å². The predicted molar refractivity (Wildman–Crippen MR) is 85.2 cm³/mol. The molecular weight excluding hydrogens is 334 g/mol. The Kier molecular flexibility index (Phi) is 5.13. The van der Waals surface area contributed by atoms with Crippen molar-refractivity contribution in [1.82, 2.24) is 15.0 Å². The molecule has 8 heteroatoms.